The molecule has 0 fully saturated rings. The predicted octanol–water partition coefficient (Wildman–Crippen LogP) is 5.41. The van der Waals surface area contributed by atoms with E-state index in [-0.39, 0.29) is 0 Å². The normalized spacial score (nSPS) is 11.1. The van der Waals surface area contributed by atoms with Crippen molar-refractivity contribution in [1.29, 1.82) is 0 Å². The van der Waals surface area contributed by atoms with E-state index < -0.39 is 5.97 Å². The Morgan fingerprint density at radius 1 is 0.833 bits per heavy atom. The van der Waals surface area contributed by atoms with E-state index in [4.69, 9.17) is 5.11 Å². The maximum absolute atomic E-state index is 10.7. The third kappa shape index (κ3) is 11.9. The van der Waals surface area contributed by atoms with E-state index in [2.05, 4.69) is 13.8 Å². The molecule has 0 aromatic rings. The van der Waals surface area contributed by atoms with Gasteiger partial charge in [0.2, 0.25) is 0 Å². The highest BCUT2D eigenvalue weighted by molar-refractivity contribution is 5.66. The fourth-order valence-electron chi connectivity index (χ4n) is 2.48. The first-order valence-corrected chi connectivity index (χ1v) is 7.92. The zero-order valence-corrected chi connectivity index (χ0v) is 12.4. The molecular formula is C16H32O2. The highest BCUT2D eigenvalue weighted by Crippen LogP contribution is 2.22. The topological polar surface area (TPSA) is 37.3 Å². The quantitative estimate of drug-likeness (QED) is 0.447. The average molecular weight is 256 g/mol. The highest BCUT2D eigenvalue weighted by atomic mass is 16.4. The first-order chi connectivity index (χ1) is 8.70. The van der Waals surface area contributed by atoms with Crippen LogP contribution in [0.1, 0.15) is 90.9 Å². The third-order valence-corrected chi connectivity index (χ3v) is 3.70. The molecule has 0 atom stereocenters. The van der Waals surface area contributed by atoms with Crippen molar-refractivity contribution in [2.24, 2.45) is 5.92 Å². The van der Waals surface area contributed by atoms with Gasteiger partial charge in [-0.1, -0.05) is 78.1 Å². The zero-order chi connectivity index (χ0) is 13.6. The molecule has 2 nitrogen and oxygen atoms in total. The van der Waals surface area contributed by atoms with Crippen LogP contribution in [0.2, 0.25) is 0 Å². The van der Waals surface area contributed by atoms with Crippen molar-refractivity contribution >= 4 is 5.97 Å². The molecule has 1 N–H and O–H groups in total. The molecule has 0 spiro atoms. The standard InChI is InChI=1S/C16H32O2/c1-3-5-7-9-11-15(13-14-16(17)18)12-10-8-6-4-2/h15H,3-14H2,1-2H3,(H,17,18). The lowest BCUT2D eigenvalue weighted by molar-refractivity contribution is -0.137. The van der Waals surface area contributed by atoms with Gasteiger partial charge in [-0.25, -0.2) is 0 Å². The highest BCUT2D eigenvalue weighted by Gasteiger charge is 2.10. The Kier molecular flexibility index (Phi) is 12.5. The fourth-order valence-corrected chi connectivity index (χ4v) is 2.48. The summed E-state index contributed by atoms with van der Waals surface area (Å²) >= 11 is 0. The molecular weight excluding hydrogens is 224 g/mol. The van der Waals surface area contributed by atoms with E-state index in [0.29, 0.717) is 12.3 Å². The van der Waals surface area contributed by atoms with E-state index in [0.717, 1.165) is 6.42 Å². The number of unbranched alkanes of at least 4 members (excludes halogenated alkanes) is 6. The maximum atomic E-state index is 10.7. The van der Waals surface area contributed by atoms with Crippen LogP contribution in [0.3, 0.4) is 0 Å². The number of carboxylic acid groups (broad SMARTS) is 1. The molecule has 0 heterocycles. The molecule has 0 rings (SSSR count). The Morgan fingerprint density at radius 3 is 1.72 bits per heavy atom. The number of hydrogen-bond acceptors (Lipinski definition) is 1. The summed E-state index contributed by atoms with van der Waals surface area (Å²) in [6, 6.07) is 0. The zero-order valence-electron chi connectivity index (χ0n) is 12.4. The number of aliphatic carboxylic acids is 1. The van der Waals surface area contributed by atoms with Crippen molar-refractivity contribution in [2.45, 2.75) is 90.9 Å². The number of hydrogen-bond donors (Lipinski definition) is 1. The molecule has 108 valence electrons. The van der Waals surface area contributed by atoms with Gasteiger partial charge in [0.15, 0.2) is 0 Å². The van der Waals surface area contributed by atoms with Crippen LogP contribution in [-0.4, -0.2) is 11.1 Å². The molecule has 2 heteroatoms. The minimum absolute atomic E-state index is 0.353. The van der Waals surface area contributed by atoms with Crippen LogP contribution in [-0.2, 0) is 4.79 Å². The van der Waals surface area contributed by atoms with Gasteiger partial charge in [-0.05, 0) is 12.3 Å². The van der Waals surface area contributed by atoms with E-state index in [1.165, 1.54) is 64.2 Å². The second-order valence-electron chi connectivity index (χ2n) is 5.50. The SMILES string of the molecule is CCCCCCC(CCCCCC)CCC(=O)O. The molecule has 0 radical (unpaired) electrons. The Hall–Kier alpha value is -0.530. The van der Waals surface area contributed by atoms with Crippen LogP contribution in [0, 0.1) is 5.92 Å². The summed E-state index contributed by atoms with van der Waals surface area (Å²) in [5, 5.41) is 8.78. The lowest BCUT2D eigenvalue weighted by Gasteiger charge is -2.15. The molecule has 0 saturated heterocycles. The van der Waals surface area contributed by atoms with Gasteiger partial charge in [-0.3, -0.25) is 4.79 Å². The number of rotatable bonds is 13. The molecule has 0 saturated carbocycles. The number of carbonyl (C=O) groups is 1. The molecule has 0 aliphatic rings. The first kappa shape index (κ1) is 17.5. The monoisotopic (exact) mass is 256 g/mol. The van der Waals surface area contributed by atoms with Crippen LogP contribution < -0.4 is 0 Å². The Labute approximate surface area is 113 Å². The van der Waals surface area contributed by atoms with Crippen molar-refractivity contribution in [1.82, 2.24) is 0 Å². The van der Waals surface area contributed by atoms with Gasteiger partial charge in [-0.2, -0.15) is 0 Å². The van der Waals surface area contributed by atoms with Gasteiger partial charge < -0.3 is 5.11 Å². The molecule has 0 bridgehead atoms. The van der Waals surface area contributed by atoms with Gasteiger partial charge in [0.25, 0.3) is 0 Å². The summed E-state index contributed by atoms with van der Waals surface area (Å²) < 4.78 is 0. The first-order valence-electron chi connectivity index (χ1n) is 7.92. The summed E-state index contributed by atoms with van der Waals surface area (Å²) in [4.78, 5) is 10.7. The van der Waals surface area contributed by atoms with Crippen molar-refractivity contribution in [3.05, 3.63) is 0 Å². The second-order valence-corrected chi connectivity index (χ2v) is 5.50. The molecule has 0 aliphatic carbocycles. The van der Waals surface area contributed by atoms with Crippen LogP contribution in [0.25, 0.3) is 0 Å². The van der Waals surface area contributed by atoms with Gasteiger partial charge in [0, 0.05) is 6.42 Å². The maximum Gasteiger partial charge on any atom is 0.303 e. The molecule has 0 aromatic carbocycles. The van der Waals surface area contributed by atoms with E-state index in [1.807, 2.05) is 0 Å². The van der Waals surface area contributed by atoms with Crippen molar-refractivity contribution < 1.29 is 9.90 Å². The largest absolute Gasteiger partial charge is 0.481 e. The summed E-state index contributed by atoms with van der Waals surface area (Å²) in [7, 11) is 0. The van der Waals surface area contributed by atoms with Crippen LogP contribution in [0.5, 0.6) is 0 Å². The average Bonchev–Trinajstić information content (AvgIpc) is 2.35. The summed E-state index contributed by atoms with van der Waals surface area (Å²) in [5.41, 5.74) is 0. The lowest BCUT2D eigenvalue weighted by Crippen LogP contribution is -2.05. The number of carboxylic acids is 1. The van der Waals surface area contributed by atoms with Crippen molar-refractivity contribution in [2.75, 3.05) is 0 Å². The van der Waals surface area contributed by atoms with E-state index >= 15 is 0 Å². The van der Waals surface area contributed by atoms with E-state index in [9.17, 15) is 4.79 Å². The van der Waals surface area contributed by atoms with Crippen molar-refractivity contribution in [3.8, 4) is 0 Å². The third-order valence-electron chi connectivity index (χ3n) is 3.70. The van der Waals surface area contributed by atoms with E-state index in [1.54, 1.807) is 0 Å². The molecule has 0 unspecified atom stereocenters. The van der Waals surface area contributed by atoms with Gasteiger partial charge in [-0.15, -0.1) is 0 Å². The van der Waals surface area contributed by atoms with Gasteiger partial charge in [0.05, 0.1) is 0 Å². The van der Waals surface area contributed by atoms with Crippen LogP contribution in [0.15, 0.2) is 0 Å². The summed E-state index contributed by atoms with van der Waals surface area (Å²) in [6.45, 7) is 4.46. The van der Waals surface area contributed by atoms with Gasteiger partial charge >= 0.3 is 5.97 Å². The van der Waals surface area contributed by atoms with Crippen molar-refractivity contribution in [3.63, 3.8) is 0 Å². The van der Waals surface area contributed by atoms with Gasteiger partial charge in [0.1, 0.15) is 0 Å². The molecule has 0 amide bonds. The second kappa shape index (κ2) is 12.9. The Bertz CT molecular complexity index is 178. The summed E-state index contributed by atoms with van der Waals surface area (Å²) in [6.07, 6.45) is 14.1. The molecule has 0 aromatic heterocycles. The fraction of sp³-hybridized carbons (Fsp3) is 0.938. The molecule has 0 aliphatic heterocycles. The molecule has 18 heavy (non-hydrogen) atoms. The predicted molar refractivity (Wildman–Crippen MR) is 77.9 cm³/mol. The lowest BCUT2D eigenvalue weighted by atomic mass is 9.90. The van der Waals surface area contributed by atoms with Crippen LogP contribution in [0.4, 0.5) is 0 Å². The minimum Gasteiger partial charge on any atom is -0.481 e. The summed E-state index contributed by atoms with van der Waals surface area (Å²) in [5.74, 6) is 0.0110. The van der Waals surface area contributed by atoms with Crippen LogP contribution >= 0.6 is 0 Å². The smallest absolute Gasteiger partial charge is 0.303 e. The minimum atomic E-state index is -0.637. The Balaban J connectivity index is 3.73. The Morgan fingerprint density at radius 2 is 1.33 bits per heavy atom.